The molecule has 120 valence electrons. The van der Waals surface area contributed by atoms with Crippen LogP contribution in [-0.2, 0) is 0 Å². The third-order valence-electron chi connectivity index (χ3n) is 5.18. The number of nitrogens with two attached hydrogens (primary N) is 1. The van der Waals surface area contributed by atoms with Gasteiger partial charge in [-0.3, -0.25) is 4.79 Å². The van der Waals surface area contributed by atoms with Gasteiger partial charge in [-0.25, -0.2) is 4.68 Å². The number of aromatic nitrogens is 2. The summed E-state index contributed by atoms with van der Waals surface area (Å²) in [6.45, 7) is 1.51. The number of amides is 1. The highest BCUT2D eigenvalue weighted by Crippen LogP contribution is 2.45. The summed E-state index contributed by atoms with van der Waals surface area (Å²) in [5.74, 6) is -0.0273. The number of hydrogen-bond acceptors (Lipinski definition) is 3. The van der Waals surface area contributed by atoms with Gasteiger partial charge in [0.25, 0.3) is 5.91 Å². The van der Waals surface area contributed by atoms with Gasteiger partial charge in [0.1, 0.15) is 0 Å². The fourth-order valence-electron chi connectivity index (χ4n) is 3.79. The summed E-state index contributed by atoms with van der Waals surface area (Å²) in [6, 6.07) is 9.41. The van der Waals surface area contributed by atoms with Crippen molar-refractivity contribution >= 4 is 17.5 Å². The van der Waals surface area contributed by atoms with Crippen molar-refractivity contribution in [3.63, 3.8) is 0 Å². The first-order chi connectivity index (χ1) is 11.1. The molecule has 1 atom stereocenters. The first-order valence-corrected chi connectivity index (χ1v) is 8.32. The van der Waals surface area contributed by atoms with E-state index in [2.05, 4.69) is 5.10 Å². The minimum Gasteiger partial charge on any atom is -0.336 e. The Morgan fingerprint density at radius 3 is 2.78 bits per heavy atom. The van der Waals surface area contributed by atoms with Crippen LogP contribution < -0.4 is 5.73 Å². The van der Waals surface area contributed by atoms with E-state index in [0.29, 0.717) is 10.7 Å². The molecule has 0 bridgehead atoms. The molecule has 2 N–H and O–H groups in total. The molecule has 2 aliphatic rings. The molecule has 1 aliphatic heterocycles. The first kappa shape index (κ1) is 14.7. The van der Waals surface area contributed by atoms with E-state index in [1.165, 1.54) is 6.42 Å². The second-order valence-corrected chi connectivity index (χ2v) is 7.03. The topological polar surface area (TPSA) is 64.2 Å². The minimum atomic E-state index is -0.0273. The van der Waals surface area contributed by atoms with Gasteiger partial charge < -0.3 is 10.6 Å². The van der Waals surface area contributed by atoms with Crippen molar-refractivity contribution in [1.29, 1.82) is 0 Å². The second-order valence-electron chi connectivity index (χ2n) is 6.62. The first-order valence-electron chi connectivity index (χ1n) is 7.94. The summed E-state index contributed by atoms with van der Waals surface area (Å²) < 4.78 is 1.65. The van der Waals surface area contributed by atoms with Gasteiger partial charge >= 0.3 is 0 Å². The zero-order valence-corrected chi connectivity index (χ0v) is 13.5. The highest BCUT2D eigenvalue weighted by Gasteiger charge is 2.51. The van der Waals surface area contributed by atoms with Crippen molar-refractivity contribution in [3.05, 3.63) is 47.2 Å². The van der Waals surface area contributed by atoms with Crippen molar-refractivity contribution in [2.24, 2.45) is 11.1 Å². The fraction of sp³-hybridized carbons (Fsp3) is 0.412. The van der Waals surface area contributed by atoms with Crippen molar-refractivity contribution in [3.8, 4) is 5.69 Å². The van der Waals surface area contributed by atoms with Gasteiger partial charge in [-0.05, 0) is 31.0 Å². The highest BCUT2D eigenvalue weighted by atomic mass is 35.5. The van der Waals surface area contributed by atoms with Crippen LogP contribution in [0.1, 0.15) is 29.8 Å². The zero-order chi connectivity index (χ0) is 16.0. The fourth-order valence-corrected chi connectivity index (χ4v) is 4.01. The van der Waals surface area contributed by atoms with Crippen LogP contribution in [0.5, 0.6) is 0 Å². The Bertz CT molecular complexity index is 751. The van der Waals surface area contributed by atoms with Crippen LogP contribution in [0.3, 0.4) is 0 Å². The largest absolute Gasteiger partial charge is 0.336 e. The Hall–Kier alpha value is -1.85. The molecule has 1 unspecified atom stereocenters. The van der Waals surface area contributed by atoms with Crippen molar-refractivity contribution < 1.29 is 4.79 Å². The quantitative estimate of drug-likeness (QED) is 0.920. The van der Waals surface area contributed by atoms with E-state index >= 15 is 0 Å². The lowest BCUT2D eigenvalue weighted by Gasteiger charge is -2.50. The van der Waals surface area contributed by atoms with E-state index in [0.717, 1.165) is 31.6 Å². The molecule has 2 heterocycles. The van der Waals surface area contributed by atoms with Crippen LogP contribution in [0.25, 0.3) is 5.69 Å². The Morgan fingerprint density at radius 2 is 2.09 bits per heavy atom. The number of nitrogens with zero attached hydrogens (tertiary/aromatic N) is 3. The van der Waals surface area contributed by atoms with Gasteiger partial charge in [-0.2, -0.15) is 5.10 Å². The van der Waals surface area contributed by atoms with Gasteiger partial charge in [-0.15, -0.1) is 0 Å². The summed E-state index contributed by atoms with van der Waals surface area (Å²) in [7, 11) is 0. The smallest absolute Gasteiger partial charge is 0.274 e. The molecule has 1 aromatic carbocycles. The standard InChI is InChI=1S/C17H19ClN4O/c18-12-4-1-2-5-14(12)22-9-7-13(20-22)16(23)21-10-17(11-21)8-3-6-15(17)19/h1-2,4-5,7,9,15H,3,6,8,10-11,19H2. The minimum absolute atomic E-state index is 0.0273. The van der Waals surface area contributed by atoms with E-state index in [1.54, 1.807) is 23.0 Å². The van der Waals surface area contributed by atoms with E-state index in [-0.39, 0.29) is 17.4 Å². The SMILES string of the molecule is NC1CCCC12CN(C(=O)c1ccn(-c3ccccc3Cl)n1)C2. The van der Waals surface area contributed by atoms with Crippen molar-refractivity contribution in [2.45, 2.75) is 25.3 Å². The molecule has 1 aliphatic carbocycles. The third kappa shape index (κ3) is 2.35. The maximum atomic E-state index is 12.6. The van der Waals surface area contributed by atoms with Crippen molar-refractivity contribution in [1.82, 2.24) is 14.7 Å². The normalized spacial score (nSPS) is 22.3. The van der Waals surface area contributed by atoms with Gasteiger partial charge in [-0.1, -0.05) is 30.2 Å². The number of likely N-dealkylation sites (tertiary alicyclic amines) is 1. The molecule has 1 aromatic heterocycles. The molecular formula is C17H19ClN4O. The molecule has 6 heteroatoms. The van der Waals surface area contributed by atoms with E-state index < -0.39 is 0 Å². The van der Waals surface area contributed by atoms with Gasteiger partial charge in [0.05, 0.1) is 10.7 Å². The lowest BCUT2D eigenvalue weighted by Crippen LogP contribution is -2.63. The number of benzene rings is 1. The van der Waals surface area contributed by atoms with Crippen LogP contribution >= 0.6 is 11.6 Å². The molecular weight excluding hydrogens is 312 g/mol. The van der Waals surface area contributed by atoms with Crippen molar-refractivity contribution in [2.75, 3.05) is 13.1 Å². The number of rotatable bonds is 2. The van der Waals surface area contributed by atoms with Crippen LogP contribution in [0, 0.1) is 5.41 Å². The molecule has 1 amide bonds. The molecule has 23 heavy (non-hydrogen) atoms. The molecule has 0 radical (unpaired) electrons. The molecule has 5 nitrogen and oxygen atoms in total. The average molecular weight is 331 g/mol. The Labute approximate surface area is 140 Å². The summed E-state index contributed by atoms with van der Waals surface area (Å²) in [4.78, 5) is 14.4. The number of carbonyl (C=O) groups is 1. The van der Waals surface area contributed by atoms with Gasteiger partial charge in [0.15, 0.2) is 5.69 Å². The molecule has 1 spiro atoms. The number of halogens is 1. The Morgan fingerprint density at radius 1 is 1.30 bits per heavy atom. The Kier molecular flexibility index (Phi) is 3.43. The predicted molar refractivity (Wildman–Crippen MR) is 88.7 cm³/mol. The number of hydrogen-bond donors (Lipinski definition) is 1. The summed E-state index contributed by atoms with van der Waals surface area (Å²) in [5.41, 5.74) is 7.57. The van der Waals surface area contributed by atoms with Crippen LogP contribution in [-0.4, -0.2) is 39.7 Å². The molecule has 2 fully saturated rings. The number of carbonyl (C=O) groups excluding carboxylic acids is 1. The monoisotopic (exact) mass is 330 g/mol. The molecule has 2 aromatic rings. The van der Waals surface area contributed by atoms with Crippen LogP contribution in [0.15, 0.2) is 36.5 Å². The lowest BCUT2D eigenvalue weighted by atomic mass is 9.75. The second kappa shape index (κ2) is 5.35. The third-order valence-corrected chi connectivity index (χ3v) is 5.50. The maximum absolute atomic E-state index is 12.6. The zero-order valence-electron chi connectivity index (χ0n) is 12.8. The maximum Gasteiger partial charge on any atom is 0.274 e. The van der Waals surface area contributed by atoms with E-state index in [9.17, 15) is 4.79 Å². The highest BCUT2D eigenvalue weighted by molar-refractivity contribution is 6.32. The molecule has 1 saturated heterocycles. The van der Waals surface area contributed by atoms with Gasteiger partial charge in [0, 0.05) is 30.7 Å². The van der Waals surface area contributed by atoms with Gasteiger partial charge in [0.2, 0.25) is 0 Å². The summed E-state index contributed by atoms with van der Waals surface area (Å²) in [6.07, 6.45) is 5.14. The average Bonchev–Trinajstić information content (AvgIpc) is 3.12. The van der Waals surface area contributed by atoms with Crippen LogP contribution in [0.2, 0.25) is 5.02 Å². The van der Waals surface area contributed by atoms with Crippen LogP contribution in [0.4, 0.5) is 0 Å². The molecule has 4 rings (SSSR count). The lowest BCUT2D eigenvalue weighted by molar-refractivity contribution is 0.000939. The molecule has 1 saturated carbocycles. The van der Waals surface area contributed by atoms with E-state index in [1.807, 2.05) is 23.1 Å². The summed E-state index contributed by atoms with van der Waals surface area (Å²) >= 11 is 6.18. The predicted octanol–water partition coefficient (Wildman–Crippen LogP) is 2.48. The Balaban J connectivity index is 1.50. The number of para-hydroxylation sites is 1. The van der Waals surface area contributed by atoms with E-state index in [4.69, 9.17) is 17.3 Å². The summed E-state index contributed by atoms with van der Waals surface area (Å²) in [5, 5.41) is 4.99.